The van der Waals surface area contributed by atoms with Crippen molar-refractivity contribution in [3.63, 3.8) is 0 Å². The Bertz CT molecular complexity index is 1220. The van der Waals surface area contributed by atoms with Gasteiger partial charge in [-0.3, -0.25) is 4.79 Å². The third kappa shape index (κ3) is 4.56. The minimum absolute atomic E-state index is 0.295. The van der Waals surface area contributed by atoms with E-state index in [-0.39, 0.29) is 5.91 Å². The van der Waals surface area contributed by atoms with Crippen LogP contribution in [0, 0.1) is 6.92 Å². The Kier molecular flexibility index (Phi) is 5.76. The molecule has 7 heteroatoms. The molecule has 29 heavy (non-hydrogen) atoms. The van der Waals surface area contributed by atoms with Crippen LogP contribution in [0.3, 0.4) is 0 Å². The van der Waals surface area contributed by atoms with Gasteiger partial charge in [0.25, 0.3) is 5.91 Å². The number of aromatic nitrogens is 1. The summed E-state index contributed by atoms with van der Waals surface area (Å²) in [5.41, 5.74) is 3.28. The zero-order valence-electron chi connectivity index (χ0n) is 15.3. The monoisotopic (exact) mass is 483 g/mol. The lowest BCUT2D eigenvalue weighted by molar-refractivity contribution is 0.0988. The van der Waals surface area contributed by atoms with E-state index >= 15 is 0 Å². The van der Waals surface area contributed by atoms with Crippen LogP contribution in [-0.2, 0) is 0 Å². The quantitative estimate of drug-likeness (QED) is 0.239. The average Bonchev–Trinajstić information content (AvgIpc) is 3.12. The highest BCUT2D eigenvalue weighted by molar-refractivity contribution is 9.10. The molecule has 3 aromatic carbocycles. The third-order valence-electron chi connectivity index (χ3n) is 4.17. The van der Waals surface area contributed by atoms with E-state index in [1.165, 1.54) is 16.3 Å². The van der Waals surface area contributed by atoms with Crippen molar-refractivity contribution in [1.82, 2.24) is 4.98 Å². The van der Waals surface area contributed by atoms with E-state index in [9.17, 15) is 4.79 Å². The van der Waals surface area contributed by atoms with Crippen molar-refractivity contribution in [3.05, 3.63) is 92.9 Å². The van der Waals surface area contributed by atoms with Gasteiger partial charge in [-0.15, -0.1) is 0 Å². The number of rotatable bonds is 4. The van der Waals surface area contributed by atoms with Crippen LogP contribution in [0.2, 0.25) is 5.02 Å². The number of carbonyl (C=O) groups excluding carboxylic acids is 1. The minimum Gasteiger partial charge on any atom is -0.267 e. The molecule has 0 radical (unpaired) electrons. The van der Waals surface area contributed by atoms with Crippen molar-refractivity contribution < 1.29 is 4.79 Å². The number of anilines is 1. The molecule has 0 bridgehead atoms. The molecule has 0 saturated carbocycles. The Hall–Kier alpha value is -2.54. The van der Waals surface area contributed by atoms with Gasteiger partial charge in [-0.25, -0.2) is 4.98 Å². The molecule has 0 fully saturated rings. The van der Waals surface area contributed by atoms with Gasteiger partial charge in [-0.1, -0.05) is 63.1 Å². The number of halogens is 2. The summed E-state index contributed by atoms with van der Waals surface area (Å²) in [6.45, 7) is 2.03. The summed E-state index contributed by atoms with van der Waals surface area (Å²) < 4.78 is 1.98. The van der Waals surface area contributed by atoms with Crippen molar-refractivity contribution in [2.24, 2.45) is 5.10 Å². The molecule has 0 aliphatic heterocycles. The first-order valence-electron chi connectivity index (χ1n) is 8.76. The number of benzene rings is 3. The largest absolute Gasteiger partial charge is 0.280 e. The smallest absolute Gasteiger partial charge is 0.267 e. The van der Waals surface area contributed by atoms with Crippen LogP contribution < -0.4 is 5.01 Å². The van der Waals surface area contributed by atoms with Gasteiger partial charge in [0.1, 0.15) is 0 Å². The van der Waals surface area contributed by atoms with E-state index in [1.807, 2.05) is 43.3 Å². The predicted octanol–water partition coefficient (Wildman–Crippen LogP) is 6.70. The molecule has 4 aromatic rings. The second kappa shape index (κ2) is 8.45. The van der Waals surface area contributed by atoms with Crippen molar-refractivity contribution in [2.75, 3.05) is 5.01 Å². The molecule has 0 aliphatic rings. The number of amides is 1. The first-order valence-corrected chi connectivity index (χ1v) is 10.7. The lowest BCUT2D eigenvalue weighted by Gasteiger charge is -2.14. The molecule has 0 N–H and O–H groups in total. The fourth-order valence-corrected chi connectivity index (χ4v) is 4.19. The molecule has 4 rings (SSSR count). The zero-order valence-corrected chi connectivity index (χ0v) is 18.5. The van der Waals surface area contributed by atoms with Crippen LogP contribution in [0.5, 0.6) is 0 Å². The fourth-order valence-electron chi connectivity index (χ4n) is 2.72. The molecule has 0 aliphatic carbocycles. The molecule has 0 spiro atoms. The van der Waals surface area contributed by atoms with E-state index in [0.717, 1.165) is 25.8 Å². The maximum atomic E-state index is 13.2. The lowest BCUT2D eigenvalue weighted by Crippen LogP contribution is -2.25. The number of hydrogen-bond donors (Lipinski definition) is 0. The SMILES string of the molecule is Cc1ccc2nc(N(/N=C/c3ccc(Br)cc3)C(=O)c3cccc(Cl)c3)sc2c1. The van der Waals surface area contributed by atoms with Gasteiger partial charge < -0.3 is 0 Å². The van der Waals surface area contributed by atoms with Gasteiger partial charge >= 0.3 is 0 Å². The molecule has 1 aromatic heterocycles. The molecule has 1 heterocycles. The van der Waals surface area contributed by atoms with E-state index in [4.69, 9.17) is 11.6 Å². The zero-order chi connectivity index (χ0) is 20.4. The summed E-state index contributed by atoms with van der Waals surface area (Å²) >= 11 is 10.9. The Labute approximate surface area is 185 Å². The molecular formula is C22H15BrClN3OS. The van der Waals surface area contributed by atoms with Crippen molar-refractivity contribution in [2.45, 2.75) is 6.92 Å². The molecule has 4 nitrogen and oxygen atoms in total. The molecule has 0 saturated heterocycles. The number of fused-ring (bicyclic) bond motifs is 1. The van der Waals surface area contributed by atoms with Gasteiger partial charge in [0, 0.05) is 15.1 Å². The Balaban J connectivity index is 1.76. The summed E-state index contributed by atoms with van der Waals surface area (Å²) in [7, 11) is 0. The van der Waals surface area contributed by atoms with Crippen molar-refractivity contribution >= 4 is 66.3 Å². The Morgan fingerprint density at radius 1 is 1.14 bits per heavy atom. The molecular weight excluding hydrogens is 470 g/mol. The highest BCUT2D eigenvalue weighted by atomic mass is 79.9. The minimum atomic E-state index is -0.295. The van der Waals surface area contributed by atoms with Gasteiger partial charge in [0.05, 0.1) is 16.4 Å². The summed E-state index contributed by atoms with van der Waals surface area (Å²) in [6.07, 6.45) is 1.65. The number of hydrogen-bond acceptors (Lipinski definition) is 4. The van der Waals surface area contributed by atoms with E-state index in [0.29, 0.717) is 15.7 Å². The van der Waals surface area contributed by atoms with Crippen molar-refractivity contribution in [1.29, 1.82) is 0 Å². The van der Waals surface area contributed by atoms with Gasteiger partial charge in [-0.2, -0.15) is 10.1 Å². The summed E-state index contributed by atoms with van der Waals surface area (Å²) in [6, 6.07) is 20.5. The molecule has 1 amide bonds. The molecule has 0 unspecified atom stereocenters. The number of hydrazone groups is 1. The normalized spacial score (nSPS) is 11.3. The maximum absolute atomic E-state index is 13.2. The second-order valence-electron chi connectivity index (χ2n) is 6.39. The highest BCUT2D eigenvalue weighted by Gasteiger charge is 2.21. The third-order valence-corrected chi connectivity index (χ3v) is 5.93. The van der Waals surface area contributed by atoms with E-state index in [1.54, 1.807) is 30.5 Å². The fraction of sp³-hybridized carbons (Fsp3) is 0.0455. The summed E-state index contributed by atoms with van der Waals surface area (Å²) in [5.74, 6) is -0.295. The summed E-state index contributed by atoms with van der Waals surface area (Å²) in [5, 5.41) is 6.79. The lowest BCUT2D eigenvalue weighted by atomic mass is 10.2. The van der Waals surface area contributed by atoms with Gasteiger partial charge in [0.2, 0.25) is 5.13 Å². The first-order chi connectivity index (χ1) is 14.0. The van der Waals surface area contributed by atoms with Crippen LogP contribution in [-0.4, -0.2) is 17.1 Å². The number of nitrogens with zero attached hydrogens (tertiary/aromatic N) is 3. The number of thiazole rings is 1. The summed E-state index contributed by atoms with van der Waals surface area (Å²) in [4.78, 5) is 17.8. The predicted molar refractivity (Wildman–Crippen MR) is 124 cm³/mol. The molecule has 0 atom stereocenters. The number of carbonyl (C=O) groups is 1. The number of aryl methyl sites for hydroxylation is 1. The van der Waals surface area contributed by atoms with Gasteiger partial charge in [-0.05, 0) is 60.5 Å². The van der Waals surface area contributed by atoms with Crippen molar-refractivity contribution in [3.8, 4) is 0 Å². The maximum Gasteiger partial charge on any atom is 0.280 e. The Morgan fingerprint density at radius 2 is 1.93 bits per heavy atom. The second-order valence-corrected chi connectivity index (χ2v) is 8.75. The van der Waals surface area contributed by atoms with Crippen LogP contribution in [0.15, 0.2) is 76.3 Å². The van der Waals surface area contributed by atoms with Crippen LogP contribution in [0.4, 0.5) is 5.13 Å². The standard InChI is InChI=1S/C22H15BrClN3OS/c1-14-5-10-19-20(11-14)29-22(26-19)27(21(28)16-3-2-4-18(24)12-16)25-13-15-6-8-17(23)9-7-15/h2-13H,1H3/b25-13+. The van der Waals surface area contributed by atoms with E-state index < -0.39 is 0 Å². The first kappa shape index (κ1) is 19.8. The van der Waals surface area contributed by atoms with E-state index in [2.05, 4.69) is 32.1 Å². The average molecular weight is 485 g/mol. The van der Waals surface area contributed by atoms with Crippen LogP contribution in [0.25, 0.3) is 10.2 Å². The van der Waals surface area contributed by atoms with Crippen LogP contribution in [0.1, 0.15) is 21.5 Å². The Morgan fingerprint density at radius 3 is 2.69 bits per heavy atom. The molecule has 144 valence electrons. The van der Waals surface area contributed by atoms with Crippen LogP contribution >= 0.6 is 38.9 Å². The topological polar surface area (TPSA) is 45.6 Å². The highest BCUT2D eigenvalue weighted by Crippen LogP contribution is 2.31. The van der Waals surface area contributed by atoms with Gasteiger partial charge in [0.15, 0.2) is 0 Å².